The van der Waals surface area contributed by atoms with Gasteiger partial charge in [-0.15, -0.1) is 0 Å². The zero-order valence-corrected chi connectivity index (χ0v) is 27.6. The van der Waals surface area contributed by atoms with E-state index >= 15 is 0 Å². The van der Waals surface area contributed by atoms with Crippen LogP contribution in [0, 0.1) is 0 Å². The van der Waals surface area contributed by atoms with E-state index in [1.165, 1.54) is 94.3 Å². The summed E-state index contributed by atoms with van der Waals surface area (Å²) in [6.45, 7) is 0. The van der Waals surface area contributed by atoms with Crippen LogP contribution < -0.4 is 0 Å². The lowest BCUT2D eigenvalue weighted by Gasteiger charge is -2.15. The topological polar surface area (TPSA) is 4.93 Å². The van der Waals surface area contributed by atoms with Crippen LogP contribution in [0.5, 0.6) is 0 Å². The molecule has 0 saturated carbocycles. The number of hydrogen-bond donors (Lipinski definition) is 0. The van der Waals surface area contributed by atoms with E-state index in [1.807, 2.05) is 0 Å². The highest BCUT2D eigenvalue weighted by atomic mass is 15.0. The molecule has 0 atom stereocenters. The van der Waals surface area contributed by atoms with Crippen molar-refractivity contribution in [1.82, 2.24) is 4.57 Å². The van der Waals surface area contributed by atoms with Crippen molar-refractivity contribution in [1.29, 1.82) is 0 Å². The Bertz CT molecular complexity index is 2690. The van der Waals surface area contributed by atoms with Gasteiger partial charge >= 0.3 is 0 Å². The molecule has 0 spiro atoms. The second-order valence-corrected chi connectivity index (χ2v) is 13.3. The van der Waals surface area contributed by atoms with Crippen molar-refractivity contribution >= 4 is 21.8 Å². The Labute approximate surface area is 292 Å². The summed E-state index contributed by atoms with van der Waals surface area (Å²) in [5.74, 6) is 0. The van der Waals surface area contributed by atoms with E-state index < -0.39 is 0 Å². The molecular weight excluding hydrogens is 603 g/mol. The summed E-state index contributed by atoms with van der Waals surface area (Å²) in [6, 6.07) is 68.9. The molecule has 0 radical (unpaired) electrons. The number of rotatable bonds is 5. The summed E-state index contributed by atoms with van der Waals surface area (Å²) in [5.41, 5.74) is 19.0. The lowest BCUT2D eigenvalue weighted by molar-refractivity contribution is 1.17. The van der Waals surface area contributed by atoms with Gasteiger partial charge in [-0.2, -0.15) is 0 Å². The number of aromatic nitrogens is 1. The van der Waals surface area contributed by atoms with Crippen molar-refractivity contribution in [2.24, 2.45) is 0 Å². The molecule has 10 rings (SSSR count). The minimum Gasteiger partial charge on any atom is -0.309 e. The van der Waals surface area contributed by atoms with Gasteiger partial charge in [-0.3, -0.25) is 0 Å². The SMILES string of the molecule is c1ccc(-c2cc(-c3ccccc3)c3c(c2)-c2cc(-n4c5ccccc5c5cc(-c6ccccc6)cc(-c6ccccc6)c54)ccc2C3)cc1. The van der Waals surface area contributed by atoms with Crippen LogP contribution in [0.4, 0.5) is 0 Å². The van der Waals surface area contributed by atoms with Crippen LogP contribution in [0.15, 0.2) is 188 Å². The molecule has 9 aromatic rings. The van der Waals surface area contributed by atoms with Crippen molar-refractivity contribution < 1.29 is 0 Å². The van der Waals surface area contributed by atoms with Crippen LogP contribution in [0.25, 0.3) is 83.1 Å². The Hall–Kier alpha value is -6.44. The quantitative estimate of drug-likeness (QED) is 0.177. The lowest BCUT2D eigenvalue weighted by atomic mass is 9.91. The molecule has 0 bridgehead atoms. The van der Waals surface area contributed by atoms with E-state index in [4.69, 9.17) is 0 Å². The van der Waals surface area contributed by atoms with Crippen molar-refractivity contribution in [2.45, 2.75) is 6.42 Å². The average Bonchev–Trinajstić information content (AvgIpc) is 3.74. The fourth-order valence-electron chi connectivity index (χ4n) is 8.07. The van der Waals surface area contributed by atoms with Gasteiger partial charge in [0.25, 0.3) is 0 Å². The highest BCUT2D eigenvalue weighted by Crippen LogP contribution is 2.47. The first-order chi connectivity index (χ1) is 24.8. The Morgan fingerprint density at radius 2 is 0.860 bits per heavy atom. The fourth-order valence-corrected chi connectivity index (χ4v) is 8.07. The van der Waals surface area contributed by atoms with E-state index in [0.717, 1.165) is 6.42 Å². The summed E-state index contributed by atoms with van der Waals surface area (Å²) in [7, 11) is 0. The third-order valence-corrected chi connectivity index (χ3v) is 10.4. The van der Waals surface area contributed by atoms with Crippen LogP contribution in [0.3, 0.4) is 0 Å². The third-order valence-electron chi connectivity index (χ3n) is 10.4. The second-order valence-electron chi connectivity index (χ2n) is 13.3. The standard InChI is InChI=1S/C49H33N/c1-5-15-33(16-6-1)38-28-42(35-19-9-3-10-20-35)45-27-37-25-26-40(32-43(37)46(45)30-38)50-48-24-14-13-23-41(48)47-31-39(34-17-7-2-8-18-34)29-44(49(47)50)36-21-11-4-12-22-36/h1-26,28-32H,27H2. The maximum Gasteiger partial charge on any atom is 0.0619 e. The molecule has 8 aromatic carbocycles. The number of benzene rings is 8. The minimum absolute atomic E-state index is 0.924. The molecule has 0 unspecified atom stereocenters. The van der Waals surface area contributed by atoms with E-state index in [-0.39, 0.29) is 0 Å². The molecular formula is C49H33N. The van der Waals surface area contributed by atoms with Crippen LogP contribution >= 0.6 is 0 Å². The van der Waals surface area contributed by atoms with Crippen molar-refractivity contribution in [3.05, 3.63) is 199 Å². The maximum atomic E-state index is 2.50. The first-order valence-electron chi connectivity index (χ1n) is 17.4. The molecule has 50 heavy (non-hydrogen) atoms. The molecule has 1 heteroatoms. The highest BCUT2D eigenvalue weighted by Gasteiger charge is 2.25. The Morgan fingerprint density at radius 1 is 0.340 bits per heavy atom. The molecule has 0 aliphatic heterocycles. The minimum atomic E-state index is 0.924. The maximum absolute atomic E-state index is 2.50. The van der Waals surface area contributed by atoms with Gasteiger partial charge in [-0.25, -0.2) is 0 Å². The van der Waals surface area contributed by atoms with Gasteiger partial charge in [0.1, 0.15) is 0 Å². The van der Waals surface area contributed by atoms with Crippen molar-refractivity contribution in [3.63, 3.8) is 0 Å². The van der Waals surface area contributed by atoms with Gasteiger partial charge in [0, 0.05) is 22.0 Å². The molecule has 0 fully saturated rings. The molecule has 1 aliphatic rings. The van der Waals surface area contributed by atoms with Crippen LogP contribution in [0.1, 0.15) is 11.1 Å². The smallest absolute Gasteiger partial charge is 0.0619 e. The van der Waals surface area contributed by atoms with Gasteiger partial charge in [0.05, 0.1) is 11.0 Å². The molecule has 1 aromatic heterocycles. The van der Waals surface area contributed by atoms with Crippen LogP contribution in [-0.4, -0.2) is 4.57 Å². The van der Waals surface area contributed by atoms with Gasteiger partial charge in [-0.05, 0) is 110 Å². The molecule has 1 heterocycles. The van der Waals surface area contributed by atoms with Gasteiger partial charge in [0.2, 0.25) is 0 Å². The number of fused-ring (bicyclic) bond motifs is 6. The molecule has 1 aliphatic carbocycles. The van der Waals surface area contributed by atoms with Crippen molar-refractivity contribution in [3.8, 4) is 61.3 Å². The molecule has 0 N–H and O–H groups in total. The summed E-state index contributed by atoms with van der Waals surface area (Å²) in [4.78, 5) is 0. The number of hydrogen-bond acceptors (Lipinski definition) is 0. The van der Waals surface area contributed by atoms with E-state index in [0.29, 0.717) is 0 Å². The predicted molar refractivity (Wildman–Crippen MR) is 211 cm³/mol. The number of nitrogens with zero attached hydrogens (tertiary/aromatic N) is 1. The molecule has 0 amide bonds. The monoisotopic (exact) mass is 635 g/mol. The van der Waals surface area contributed by atoms with E-state index in [9.17, 15) is 0 Å². The second kappa shape index (κ2) is 11.6. The molecule has 234 valence electrons. The van der Waals surface area contributed by atoms with Gasteiger partial charge in [0.15, 0.2) is 0 Å². The van der Waals surface area contributed by atoms with Crippen LogP contribution in [0.2, 0.25) is 0 Å². The van der Waals surface area contributed by atoms with Gasteiger partial charge < -0.3 is 4.57 Å². The third kappa shape index (κ3) is 4.63. The largest absolute Gasteiger partial charge is 0.309 e. The summed E-state index contributed by atoms with van der Waals surface area (Å²) in [5, 5.41) is 2.52. The zero-order chi connectivity index (χ0) is 33.0. The Kier molecular flexibility index (Phi) is 6.63. The molecule has 0 saturated heterocycles. The zero-order valence-electron chi connectivity index (χ0n) is 27.6. The number of para-hydroxylation sites is 1. The lowest BCUT2D eigenvalue weighted by Crippen LogP contribution is -1.97. The predicted octanol–water partition coefficient (Wildman–Crippen LogP) is 13.0. The highest BCUT2D eigenvalue weighted by molar-refractivity contribution is 6.15. The summed E-state index contributed by atoms with van der Waals surface area (Å²) < 4.78 is 2.50. The first-order valence-corrected chi connectivity index (χ1v) is 17.4. The average molecular weight is 636 g/mol. The summed E-state index contributed by atoms with van der Waals surface area (Å²) >= 11 is 0. The van der Waals surface area contributed by atoms with Crippen LogP contribution in [-0.2, 0) is 6.42 Å². The fraction of sp³-hybridized carbons (Fsp3) is 0.0204. The van der Waals surface area contributed by atoms with Crippen molar-refractivity contribution in [2.75, 3.05) is 0 Å². The Balaban J connectivity index is 1.24. The first kappa shape index (κ1) is 28.6. The van der Waals surface area contributed by atoms with E-state index in [2.05, 4.69) is 193 Å². The van der Waals surface area contributed by atoms with Gasteiger partial charge in [-0.1, -0.05) is 146 Å². The van der Waals surface area contributed by atoms with E-state index in [1.54, 1.807) is 0 Å². The Morgan fingerprint density at radius 3 is 1.52 bits per heavy atom. The normalized spacial score (nSPS) is 11.9. The summed E-state index contributed by atoms with van der Waals surface area (Å²) in [6.07, 6.45) is 0.924. The molecule has 1 nitrogen and oxygen atoms in total.